The van der Waals surface area contributed by atoms with Gasteiger partial charge in [0.2, 0.25) is 0 Å². The number of piperidine rings is 1. The molecule has 0 spiro atoms. The molecule has 21 heavy (non-hydrogen) atoms. The predicted octanol–water partition coefficient (Wildman–Crippen LogP) is 2.53. The van der Waals surface area contributed by atoms with E-state index in [9.17, 15) is 9.59 Å². The van der Waals surface area contributed by atoms with Gasteiger partial charge in [-0.05, 0) is 58.7 Å². The van der Waals surface area contributed by atoms with Crippen molar-refractivity contribution >= 4 is 11.9 Å². The van der Waals surface area contributed by atoms with Crippen LogP contribution in [0.5, 0.6) is 0 Å². The second kappa shape index (κ2) is 11.5. The molecule has 1 aliphatic heterocycles. The molecule has 0 N–H and O–H groups in total. The minimum Gasteiger partial charge on any atom is -0.466 e. The van der Waals surface area contributed by atoms with Crippen LogP contribution in [-0.4, -0.2) is 49.7 Å². The monoisotopic (exact) mass is 299 g/mol. The SMILES string of the molecule is CCOC(=O)CCC(=O)OCCCCCN1CCCCC1. The zero-order valence-electron chi connectivity index (χ0n) is 13.3. The lowest BCUT2D eigenvalue weighted by Crippen LogP contribution is -2.30. The third kappa shape index (κ3) is 9.45. The molecule has 0 aromatic rings. The molecular formula is C16H29NO4. The van der Waals surface area contributed by atoms with Crippen LogP contribution >= 0.6 is 0 Å². The summed E-state index contributed by atoms with van der Waals surface area (Å²) in [5, 5.41) is 0. The molecule has 5 heteroatoms. The number of hydrogen-bond acceptors (Lipinski definition) is 5. The average molecular weight is 299 g/mol. The first-order chi connectivity index (χ1) is 10.2. The highest BCUT2D eigenvalue weighted by molar-refractivity contribution is 5.77. The Labute approximate surface area is 128 Å². The van der Waals surface area contributed by atoms with E-state index < -0.39 is 0 Å². The molecule has 1 fully saturated rings. The van der Waals surface area contributed by atoms with Gasteiger partial charge in [0.05, 0.1) is 26.1 Å². The van der Waals surface area contributed by atoms with Gasteiger partial charge < -0.3 is 14.4 Å². The van der Waals surface area contributed by atoms with Gasteiger partial charge in [0.1, 0.15) is 0 Å². The van der Waals surface area contributed by atoms with E-state index >= 15 is 0 Å². The Morgan fingerprint density at radius 1 is 0.905 bits per heavy atom. The van der Waals surface area contributed by atoms with Crippen LogP contribution in [0.1, 0.15) is 58.3 Å². The van der Waals surface area contributed by atoms with Gasteiger partial charge >= 0.3 is 11.9 Å². The summed E-state index contributed by atoms with van der Waals surface area (Å²) >= 11 is 0. The number of ether oxygens (including phenoxy) is 2. The number of likely N-dealkylation sites (tertiary alicyclic amines) is 1. The van der Waals surface area contributed by atoms with Crippen molar-refractivity contribution in [1.82, 2.24) is 4.90 Å². The van der Waals surface area contributed by atoms with Crippen molar-refractivity contribution in [2.75, 3.05) is 32.8 Å². The largest absolute Gasteiger partial charge is 0.466 e. The minimum absolute atomic E-state index is 0.113. The van der Waals surface area contributed by atoms with Crippen molar-refractivity contribution < 1.29 is 19.1 Å². The second-order valence-corrected chi connectivity index (χ2v) is 5.49. The molecule has 1 rings (SSSR count). The van der Waals surface area contributed by atoms with Crippen LogP contribution in [-0.2, 0) is 19.1 Å². The van der Waals surface area contributed by atoms with Crippen molar-refractivity contribution in [1.29, 1.82) is 0 Å². The lowest BCUT2D eigenvalue weighted by molar-refractivity contribution is -0.150. The fraction of sp³-hybridized carbons (Fsp3) is 0.875. The Bertz CT molecular complexity index is 301. The smallest absolute Gasteiger partial charge is 0.306 e. The lowest BCUT2D eigenvalue weighted by atomic mass is 10.1. The number of esters is 2. The van der Waals surface area contributed by atoms with E-state index in [2.05, 4.69) is 4.90 Å². The maximum atomic E-state index is 11.4. The molecule has 0 aromatic heterocycles. The summed E-state index contributed by atoms with van der Waals surface area (Å²) < 4.78 is 9.86. The summed E-state index contributed by atoms with van der Waals surface area (Å²) in [7, 11) is 0. The fourth-order valence-electron chi connectivity index (χ4n) is 2.49. The van der Waals surface area contributed by atoms with Crippen LogP contribution in [0.3, 0.4) is 0 Å². The third-order valence-corrected chi connectivity index (χ3v) is 3.67. The lowest BCUT2D eigenvalue weighted by Gasteiger charge is -2.26. The van der Waals surface area contributed by atoms with E-state index in [1.807, 2.05) is 0 Å². The van der Waals surface area contributed by atoms with Gasteiger partial charge in [-0.1, -0.05) is 6.42 Å². The molecule has 5 nitrogen and oxygen atoms in total. The average Bonchev–Trinajstić information content (AvgIpc) is 2.50. The Hall–Kier alpha value is -1.10. The number of nitrogens with zero attached hydrogens (tertiary/aromatic N) is 1. The molecule has 0 atom stereocenters. The van der Waals surface area contributed by atoms with Gasteiger partial charge in [-0.3, -0.25) is 9.59 Å². The van der Waals surface area contributed by atoms with E-state index in [-0.39, 0.29) is 24.8 Å². The van der Waals surface area contributed by atoms with E-state index in [4.69, 9.17) is 9.47 Å². The summed E-state index contributed by atoms with van der Waals surface area (Å²) in [5.74, 6) is -0.643. The maximum Gasteiger partial charge on any atom is 0.306 e. The minimum atomic E-state index is -0.337. The van der Waals surface area contributed by atoms with Crippen LogP contribution in [0.15, 0.2) is 0 Å². The van der Waals surface area contributed by atoms with Gasteiger partial charge in [-0.2, -0.15) is 0 Å². The third-order valence-electron chi connectivity index (χ3n) is 3.67. The van der Waals surface area contributed by atoms with Gasteiger partial charge in [0, 0.05) is 0 Å². The number of hydrogen-bond donors (Lipinski definition) is 0. The molecule has 0 aromatic carbocycles. The number of carbonyl (C=O) groups excluding carboxylic acids is 2. The Morgan fingerprint density at radius 2 is 1.57 bits per heavy atom. The topological polar surface area (TPSA) is 55.8 Å². The number of rotatable bonds is 10. The number of carbonyl (C=O) groups is 2. The van der Waals surface area contributed by atoms with Gasteiger partial charge in [0.25, 0.3) is 0 Å². The highest BCUT2D eigenvalue weighted by Crippen LogP contribution is 2.10. The quantitative estimate of drug-likeness (QED) is 0.458. The first-order valence-electron chi connectivity index (χ1n) is 8.26. The van der Waals surface area contributed by atoms with Crippen LogP contribution in [0.4, 0.5) is 0 Å². The fourth-order valence-corrected chi connectivity index (χ4v) is 2.49. The van der Waals surface area contributed by atoms with E-state index in [0.717, 1.165) is 19.4 Å². The molecule has 0 saturated carbocycles. The second-order valence-electron chi connectivity index (χ2n) is 5.49. The first kappa shape index (κ1) is 18.0. The van der Waals surface area contributed by atoms with Crippen LogP contribution < -0.4 is 0 Å². The van der Waals surface area contributed by atoms with Crippen molar-refractivity contribution in [3.8, 4) is 0 Å². The Balaban J connectivity index is 1.88. The predicted molar refractivity (Wildman–Crippen MR) is 81.0 cm³/mol. The highest BCUT2D eigenvalue weighted by atomic mass is 16.5. The molecule has 0 aliphatic carbocycles. The molecule has 1 heterocycles. The molecule has 1 saturated heterocycles. The van der Waals surface area contributed by atoms with E-state index in [0.29, 0.717) is 13.2 Å². The van der Waals surface area contributed by atoms with Crippen molar-refractivity contribution in [2.24, 2.45) is 0 Å². The molecule has 0 bridgehead atoms. The summed E-state index contributed by atoms with van der Waals surface area (Å²) in [6.07, 6.45) is 7.42. The molecule has 122 valence electrons. The maximum absolute atomic E-state index is 11.4. The molecule has 1 aliphatic rings. The zero-order chi connectivity index (χ0) is 15.3. The zero-order valence-corrected chi connectivity index (χ0v) is 13.3. The van der Waals surface area contributed by atoms with Gasteiger partial charge in [-0.25, -0.2) is 0 Å². The summed E-state index contributed by atoms with van der Waals surface area (Å²) in [6.45, 7) is 6.20. The van der Waals surface area contributed by atoms with Gasteiger partial charge in [-0.15, -0.1) is 0 Å². The standard InChI is InChI=1S/C16H29NO4/c1-2-20-15(18)9-10-16(19)21-14-8-4-7-13-17-11-5-3-6-12-17/h2-14H2,1H3. The highest BCUT2D eigenvalue weighted by Gasteiger charge is 2.10. The van der Waals surface area contributed by atoms with Gasteiger partial charge in [0.15, 0.2) is 0 Å². The Kier molecular flexibility index (Phi) is 9.87. The summed E-state index contributed by atoms with van der Waals surface area (Å²) in [5.41, 5.74) is 0. The molecule has 0 radical (unpaired) electrons. The number of unbranched alkanes of at least 4 members (excludes halogenated alkanes) is 2. The molecule has 0 unspecified atom stereocenters. The van der Waals surface area contributed by atoms with Crippen molar-refractivity contribution in [3.05, 3.63) is 0 Å². The molecule has 0 amide bonds. The summed E-state index contributed by atoms with van der Waals surface area (Å²) in [4.78, 5) is 25.0. The molecular weight excluding hydrogens is 270 g/mol. The van der Waals surface area contributed by atoms with E-state index in [1.54, 1.807) is 6.92 Å². The normalized spacial score (nSPS) is 15.7. The van der Waals surface area contributed by atoms with Crippen LogP contribution in [0.25, 0.3) is 0 Å². The van der Waals surface area contributed by atoms with Crippen LogP contribution in [0, 0.1) is 0 Å². The van der Waals surface area contributed by atoms with E-state index in [1.165, 1.54) is 38.8 Å². The Morgan fingerprint density at radius 3 is 2.24 bits per heavy atom. The summed E-state index contributed by atoms with van der Waals surface area (Å²) in [6, 6.07) is 0. The van der Waals surface area contributed by atoms with Crippen molar-refractivity contribution in [2.45, 2.75) is 58.3 Å². The van der Waals surface area contributed by atoms with Crippen LogP contribution in [0.2, 0.25) is 0 Å². The van der Waals surface area contributed by atoms with Crippen molar-refractivity contribution in [3.63, 3.8) is 0 Å². The first-order valence-corrected chi connectivity index (χ1v) is 8.26.